The van der Waals surface area contributed by atoms with Crippen LogP contribution >= 0.6 is 0 Å². The fraction of sp³-hybridized carbons (Fsp3) is 0.318. The Kier molecular flexibility index (Phi) is 5.78. The molecule has 6 nitrogen and oxygen atoms in total. The maximum Gasteiger partial charge on any atom is 0.227 e. The Bertz CT molecular complexity index is 959. The largest absolute Gasteiger partial charge is 0.369 e. The number of nitrogens with one attached hydrogen (secondary N) is 1. The first-order chi connectivity index (χ1) is 14.1. The molecular weight excluding hydrogens is 369 g/mol. The lowest BCUT2D eigenvalue weighted by Crippen LogP contribution is -2.38. The molecule has 150 valence electrons. The van der Waals surface area contributed by atoms with E-state index in [-0.39, 0.29) is 11.9 Å². The van der Waals surface area contributed by atoms with Crippen LogP contribution in [0.5, 0.6) is 0 Å². The van der Waals surface area contributed by atoms with Crippen molar-refractivity contribution in [1.82, 2.24) is 19.9 Å². The molecule has 0 radical (unpaired) electrons. The highest BCUT2D eigenvalue weighted by Gasteiger charge is 2.23. The lowest BCUT2D eigenvalue weighted by molar-refractivity contribution is -0.0352. The van der Waals surface area contributed by atoms with Crippen LogP contribution in [0.25, 0.3) is 0 Å². The van der Waals surface area contributed by atoms with Gasteiger partial charge in [0.1, 0.15) is 11.9 Å². The van der Waals surface area contributed by atoms with Gasteiger partial charge in [-0.05, 0) is 38.1 Å². The molecule has 1 saturated heterocycles. The Morgan fingerprint density at radius 3 is 2.66 bits per heavy atom. The third kappa shape index (κ3) is 4.93. The van der Waals surface area contributed by atoms with Crippen LogP contribution in [0.3, 0.4) is 0 Å². The zero-order chi connectivity index (χ0) is 20.2. The molecule has 1 unspecified atom stereocenters. The molecule has 1 atom stereocenters. The zero-order valence-corrected chi connectivity index (χ0v) is 16.6. The summed E-state index contributed by atoms with van der Waals surface area (Å²) < 4.78 is 19.9. The van der Waals surface area contributed by atoms with E-state index in [1.54, 1.807) is 12.3 Å². The number of nitrogens with zero attached hydrogens (tertiary/aromatic N) is 4. The highest BCUT2D eigenvalue weighted by Crippen LogP contribution is 2.24. The van der Waals surface area contributed by atoms with E-state index in [1.807, 2.05) is 44.2 Å². The summed E-state index contributed by atoms with van der Waals surface area (Å²) in [6.07, 6.45) is 1.62. The molecule has 1 aliphatic heterocycles. The van der Waals surface area contributed by atoms with Crippen LogP contribution in [-0.2, 0) is 11.3 Å². The number of hydrogen-bond acceptors (Lipinski definition) is 6. The van der Waals surface area contributed by atoms with Crippen molar-refractivity contribution in [2.75, 3.05) is 25.0 Å². The van der Waals surface area contributed by atoms with Crippen molar-refractivity contribution in [1.29, 1.82) is 0 Å². The van der Waals surface area contributed by atoms with E-state index in [0.717, 1.165) is 29.3 Å². The number of anilines is 2. The van der Waals surface area contributed by atoms with Crippen LogP contribution in [0.15, 0.2) is 48.7 Å². The first-order valence-corrected chi connectivity index (χ1v) is 9.69. The van der Waals surface area contributed by atoms with Gasteiger partial charge >= 0.3 is 0 Å². The lowest BCUT2D eigenvalue weighted by atomic mass is 10.1. The second-order valence-corrected chi connectivity index (χ2v) is 7.26. The molecule has 3 heterocycles. The average Bonchev–Trinajstić information content (AvgIpc) is 2.70. The first-order valence-electron chi connectivity index (χ1n) is 9.69. The molecule has 0 bridgehead atoms. The fourth-order valence-electron chi connectivity index (χ4n) is 3.47. The van der Waals surface area contributed by atoms with E-state index < -0.39 is 0 Å². The maximum absolute atomic E-state index is 14.0. The summed E-state index contributed by atoms with van der Waals surface area (Å²) in [6.45, 7) is 6.49. The molecule has 0 spiro atoms. The third-order valence-electron chi connectivity index (χ3n) is 4.86. The molecule has 1 fully saturated rings. The number of morpholine rings is 1. The summed E-state index contributed by atoms with van der Waals surface area (Å²) in [7, 11) is 0. The highest BCUT2D eigenvalue weighted by atomic mass is 19.1. The number of halogens is 1. The average molecular weight is 393 g/mol. The fourth-order valence-corrected chi connectivity index (χ4v) is 3.47. The Hall–Kier alpha value is -2.90. The second kappa shape index (κ2) is 8.63. The Morgan fingerprint density at radius 1 is 1.14 bits per heavy atom. The van der Waals surface area contributed by atoms with Gasteiger partial charge in [-0.2, -0.15) is 0 Å². The first kappa shape index (κ1) is 19.4. The Labute approximate surface area is 169 Å². The summed E-state index contributed by atoms with van der Waals surface area (Å²) in [5.74, 6) is 0.389. The molecule has 7 heteroatoms. The van der Waals surface area contributed by atoms with Gasteiger partial charge in [-0.25, -0.2) is 14.4 Å². The maximum atomic E-state index is 14.0. The predicted molar refractivity (Wildman–Crippen MR) is 109 cm³/mol. The van der Waals surface area contributed by atoms with Crippen molar-refractivity contribution in [2.24, 2.45) is 0 Å². The van der Waals surface area contributed by atoms with Gasteiger partial charge in [-0.1, -0.05) is 18.2 Å². The lowest BCUT2D eigenvalue weighted by Gasteiger charge is -2.32. The van der Waals surface area contributed by atoms with Crippen molar-refractivity contribution in [3.05, 3.63) is 77.1 Å². The Balaban J connectivity index is 1.41. The van der Waals surface area contributed by atoms with Gasteiger partial charge in [0.05, 0.1) is 24.2 Å². The highest BCUT2D eigenvalue weighted by molar-refractivity contribution is 5.52. The molecule has 0 amide bonds. The summed E-state index contributed by atoms with van der Waals surface area (Å²) in [4.78, 5) is 15.5. The van der Waals surface area contributed by atoms with Crippen molar-refractivity contribution in [3.8, 4) is 0 Å². The van der Waals surface area contributed by atoms with Gasteiger partial charge in [-0.15, -0.1) is 0 Å². The van der Waals surface area contributed by atoms with E-state index in [9.17, 15) is 4.39 Å². The summed E-state index contributed by atoms with van der Waals surface area (Å²) in [5, 5.41) is 3.19. The predicted octanol–water partition coefficient (Wildman–Crippen LogP) is 3.94. The molecule has 1 aliphatic rings. The van der Waals surface area contributed by atoms with Gasteiger partial charge in [-0.3, -0.25) is 9.88 Å². The number of aryl methyl sites for hydroxylation is 2. The molecular formula is C22H24FN5O. The monoisotopic (exact) mass is 393 g/mol. The number of aromatic nitrogens is 3. The normalized spacial score (nSPS) is 17.3. The molecule has 1 aromatic carbocycles. The van der Waals surface area contributed by atoms with Gasteiger partial charge < -0.3 is 10.1 Å². The molecule has 1 N–H and O–H groups in total. The number of benzene rings is 1. The van der Waals surface area contributed by atoms with E-state index in [2.05, 4.69) is 25.2 Å². The van der Waals surface area contributed by atoms with E-state index in [1.165, 1.54) is 6.07 Å². The Morgan fingerprint density at radius 2 is 1.93 bits per heavy atom. The van der Waals surface area contributed by atoms with E-state index in [0.29, 0.717) is 31.2 Å². The standard InChI is InChI=1S/C22H24FN5O/c1-15-11-16(2)26-22(25-15)27-18-7-8-20(24-12-18)21-14-28(9-10-29-21)13-17-5-3-4-6-19(17)23/h3-8,11-12,21H,9-10,13-14H2,1-2H3,(H,25,26,27). The number of ether oxygens (including phenoxy) is 1. The minimum Gasteiger partial charge on any atom is -0.369 e. The van der Waals surface area contributed by atoms with Crippen LogP contribution in [0.4, 0.5) is 16.0 Å². The third-order valence-corrected chi connectivity index (χ3v) is 4.86. The molecule has 0 aliphatic carbocycles. The summed E-state index contributed by atoms with van der Waals surface area (Å²) in [6, 6.07) is 12.7. The topological polar surface area (TPSA) is 63.2 Å². The van der Waals surface area contributed by atoms with Crippen LogP contribution in [0.2, 0.25) is 0 Å². The van der Waals surface area contributed by atoms with Gasteiger partial charge in [0, 0.05) is 36.6 Å². The van der Waals surface area contributed by atoms with Crippen molar-refractivity contribution < 1.29 is 9.13 Å². The van der Waals surface area contributed by atoms with Crippen molar-refractivity contribution in [2.45, 2.75) is 26.5 Å². The SMILES string of the molecule is Cc1cc(C)nc(Nc2ccc(C3CN(Cc4ccccc4F)CCO3)nc2)n1. The van der Waals surface area contributed by atoms with Gasteiger partial charge in [0.15, 0.2) is 0 Å². The van der Waals surface area contributed by atoms with Crippen LogP contribution in [0, 0.1) is 19.7 Å². The molecule has 0 saturated carbocycles. The van der Waals surface area contributed by atoms with Crippen molar-refractivity contribution in [3.63, 3.8) is 0 Å². The van der Waals surface area contributed by atoms with Crippen LogP contribution in [-0.4, -0.2) is 39.5 Å². The smallest absolute Gasteiger partial charge is 0.227 e. The minimum absolute atomic E-state index is 0.137. The number of pyridine rings is 1. The molecule has 29 heavy (non-hydrogen) atoms. The quantitative estimate of drug-likeness (QED) is 0.708. The number of hydrogen-bond donors (Lipinski definition) is 1. The summed E-state index contributed by atoms with van der Waals surface area (Å²) >= 11 is 0. The number of rotatable bonds is 5. The van der Waals surface area contributed by atoms with E-state index in [4.69, 9.17) is 4.74 Å². The summed E-state index contributed by atoms with van der Waals surface area (Å²) in [5.41, 5.74) is 4.20. The van der Waals surface area contributed by atoms with Gasteiger partial charge in [0.25, 0.3) is 0 Å². The van der Waals surface area contributed by atoms with Crippen LogP contribution < -0.4 is 5.32 Å². The van der Waals surface area contributed by atoms with Gasteiger partial charge in [0.2, 0.25) is 5.95 Å². The zero-order valence-electron chi connectivity index (χ0n) is 16.6. The second-order valence-electron chi connectivity index (χ2n) is 7.26. The van der Waals surface area contributed by atoms with E-state index >= 15 is 0 Å². The van der Waals surface area contributed by atoms with Crippen molar-refractivity contribution >= 4 is 11.6 Å². The van der Waals surface area contributed by atoms with Crippen LogP contribution in [0.1, 0.15) is 28.7 Å². The minimum atomic E-state index is -0.169. The molecule has 2 aromatic heterocycles. The molecule has 4 rings (SSSR count). The molecule has 3 aromatic rings.